The van der Waals surface area contributed by atoms with Crippen LogP contribution in [-0.2, 0) is 55.8 Å². The second-order valence-electron chi connectivity index (χ2n) is 27.6. The van der Waals surface area contributed by atoms with Crippen molar-refractivity contribution < 1.29 is 75.8 Å². The topological polar surface area (TPSA) is 231 Å². The maximum atomic E-state index is 13.0. The monoisotopic (exact) mass is 1490 g/mol. The second-order valence-corrected chi connectivity index (χ2v) is 30.5. The van der Waals surface area contributed by atoms with Crippen LogP contribution in [0.1, 0.15) is 355 Å². The first-order valence-electron chi connectivity index (χ1n) is 41.2. The Morgan fingerprint density at radius 2 is 0.515 bits per heavy atom. The minimum Gasteiger partial charge on any atom is -0.463 e. The second kappa shape index (κ2) is 77.8. The van der Waals surface area contributed by atoms with Crippen molar-refractivity contribution in [3.05, 3.63) is 109 Å². The van der Waals surface area contributed by atoms with Crippen LogP contribution in [0.5, 0.6) is 0 Å². The van der Waals surface area contributed by atoms with E-state index in [4.69, 9.17) is 32.3 Å². The summed E-state index contributed by atoms with van der Waals surface area (Å²) in [4.78, 5) is 58.7. The molecule has 103 heavy (non-hydrogen) atoms. The normalized spacial score (nSPS) is 14.5. The molecule has 0 rings (SSSR count). The highest BCUT2D eigenvalue weighted by atomic mass is 31.2. The lowest BCUT2D eigenvalue weighted by Crippen LogP contribution is -2.30. The number of phosphoric ester groups is 2. The largest absolute Gasteiger partial charge is 0.472 e. The van der Waals surface area contributed by atoms with E-state index in [1.54, 1.807) is 0 Å². The van der Waals surface area contributed by atoms with Crippen molar-refractivity contribution in [2.45, 2.75) is 373 Å². The highest BCUT2D eigenvalue weighted by Crippen LogP contribution is 2.45. The molecule has 16 nitrogen and oxygen atoms in total. The molecule has 596 valence electrons. The predicted molar refractivity (Wildman–Crippen MR) is 427 cm³/mol. The van der Waals surface area contributed by atoms with Gasteiger partial charge in [0.25, 0.3) is 0 Å². The van der Waals surface area contributed by atoms with Gasteiger partial charge in [-0.25, -0.2) is 9.13 Å². The number of esters is 3. The van der Waals surface area contributed by atoms with Crippen molar-refractivity contribution >= 4 is 33.6 Å². The zero-order chi connectivity index (χ0) is 75.2. The molecule has 0 bridgehead atoms. The van der Waals surface area contributed by atoms with E-state index in [1.165, 1.54) is 148 Å². The lowest BCUT2D eigenvalue weighted by atomic mass is 10.0. The fourth-order valence-corrected chi connectivity index (χ4v) is 12.8. The van der Waals surface area contributed by atoms with Gasteiger partial charge in [-0.05, 0) is 109 Å². The Labute approximate surface area is 628 Å². The smallest absolute Gasteiger partial charge is 0.463 e. The summed E-state index contributed by atoms with van der Waals surface area (Å²) in [5.41, 5.74) is 0. The van der Waals surface area contributed by atoms with Gasteiger partial charge < -0.3 is 34.2 Å². The third-order valence-electron chi connectivity index (χ3n) is 17.5. The van der Waals surface area contributed by atoms with Gasteiger partial charge in [-0.3, -0.25) is 32.5 Å². The maximum absolute atomic E-state index is 13.0. The molecule has 5 atom stereocenters. The molecule has 0 heterocycles. The van der Waals surface area contributed by atoms with Crippen molar-refractivity contribution in [1.29, 1.82) is 0 Å². The molecule has 0 aliphatic heterocycles. The molecule has 0 aliphatic rings. The van der Waals surface area contributed by atoms with E-state index in [9.17, 15) is 43.5 Å². The summed E-state index contributed by atoms with van der Waals surface area (Å²) in [6.07, 6.45) is 91.3. The summed E-state index contributed by atoms with van der Waals surface area (Å²) in [6, 6.07) is 0. The van der Waals surface area contributed by atoms with Gasteiger partial charge in [0.15, 0.2) is 6.10 Å². The molecule has 5 unspecified atom stereocenters. The number of aliphatic hydroxyl groups is 2. The van der Waals surface area contributed by atoms with Crippen LogP contribution in [0, 0.1) is 0 Å². The molecule has 4 N–H and O–H groups in total. The highest BCUT2D eigenvalue weighted by molar-refractivity contribution is 7.47. The summed E-state index contributed by atoms with van der Waals surface area (Å²) < 4.78 is 61.2. The molecular formula is C85H150O16P2. The lowest BCUT2D eigenvalue weighted by Gasteiger charge is -2.21. The summed E-state index contributed by atoms with van der Waals surface area (Å²) in [5, 5.41) is 20.7. The molecule has 0 aromatic carbocycles. The fraction of sp³-hybridized carbons (Fsp3) is 0.753. The van der Waals surface area contributed by atoms with Gasteiger partial charge in [0.05, 0.1) is 26.4 Å². The molecule has 0 saturated carbocycles. The van der Waals surface area contributed by atoms with Gasteiger partial charge in [0, 0.05) is 19.3 Å². The van der Waals surface area contributed by atoms with E-state index < -0.39 is 91.5 Å². The molecule has 0 amide bonds. The highest BCUT2D eigenvalue weighted by Gasteiger charge is 2.29. The first kappa shape index (κ1) is 99.2. The molecular weight excluding hydrogens is 1340 g/mol. The Hall–Kier alpha value is -3.79. The van der Waals surface area contributed by atoms with E-state index in [1.807, 2.05) is 0 Å². The van der Waals surface area contributed by atoms with Crippen LogP contribution in [0.15, 0.2) is 109 Å². The van der Waals surface area contributed by atoms with E-state index in [0.29, 0.717) is 19.3 Å². The third-order valence-corrected chi connectivity index (χ3v) is 19.4. The average molecular weight is 1490 g/mol. The van der Waals surface area contributed by atoms with E-state index in [2.05, 4.69) is 130 Å². The minimum atomic E-state index is -4.93. The van der Waals surface area contributed by atoms with E-state index in [-0.39, 0.29) is 19.3 Å². The van der Waals surface area contributed by atoms with Crippen LogP contribution in [0.25, 0.3) is 0 Å². The number of allylic oxidation sites excluding steroid dienone is 18. The van der Waals surface area contributed by atoms with Crippen LogP contribution in [0.2, 0.25) is 0 Å². The Kier molecular flexibility index (Phi) is 74.9. The number of carbonyl (C=O) groups excluding carboxylic acids is 3. The molecule has 0 radical (unpaired) electrons. The number of hydrogen-bond acceptors (Lipinski definition) is 14. The van der Waals surface area contributed by atoms with Crippen molar-refractivity contribution in [3.8, 4) is 0 Å². The Bertz CT molecular complexity index is 2310. The van der Waals surface area contributed by atoms with Crippen molar-refractivity contribution in [2.75, 3.05) is 39.6 Å². The number of unbranched alkanes of at least 4 members (excludes halogenated alkanes) is 37. The lowest BCUT2D eigenvalue weighted by molar-refractivity contribution is -0.161. The van der Waals surface area contributed by atoms with Gasteiger partial charge in [0.2, 0.25) is 0 Å². The van der Waals surface area contributed by atoms with Gasteiger partial charge >= 0.3 is 33.6 Å². The number of rotatable bonds is 78. The molecule has 0 fully saturated rings. The zero-order valence-electron chi connectivity index (χ0n) is 65.2. The van der Waals surface area contributed by atoms with E-state index in [0.717, 1.165) is 148 Å². The summed E-state index contributed by atoms with van der Waals surface area (Å²) in [5.74, 6) is -1.57. The molecule has 0 saturated heterocycles. The van der Waals surface area contributed by atoms with Crippen LogP contribution in [0.4, 0.5) is 0 Å². The van der Waals surface area contributed by atoms with Gasteiger partial charge in [-0.2, -0.15) is 0 Å². The Balaban J connectivity index is 4.52. The average Bonchev–Trinajstić information content (AvgIpc) is 0.915. The summed E-state index contributed by atoms with van der Waals surface area (Å²) >= 11 is 0. The van der Waals surface area contributed by atoms with E-state index >= 15 is 0 Å². The van der Waals surface area contributed by atoms with Crippen molar-refractivity contribution in [3.63, 3.8) is 0 Å². The number of ether oxygens (including phenoxy) is 3. The van der Waals surface area contributed by atoms with Crippen LogP contribution in [-0.4, -0.2) is 95.9 Å². The van der Waals surface area contributed by atoms with Gasteiger partial charge in [0.1, 0.15) is 25.4 Å². The predicted octanol–water partition coefficient (Wildman–Crippen LogP) is 24.3. The number of hydrogen-bond donors (Lipinski definition) is 4. The molecule has 18 heteroatoms. The summed E-state index contributed by atoms with van der Waals surface area (Å²) in [7, 11) is -9.79. The summed E-state index contributed by atoms with van der Waals surface area (Å²) in [6.45, 7) is 2.58. The first-order chi connectivity index (χ1) is 50.2. The molecule has 0 aromatic rings. The SMILES string of the molecule is CC/C=C\C/C=C\C/C=C\C/C=C\C/C=C\CCCCCCCCCCCCCCCC(=O)OCC(O)COP(=O)(O)OCC(O)COP(=O)(O)OCC(COC(=O)CCCCCCCCC/C=C\C/C=C\C/C=C\C/C=C\CCCCC)OC(=O)CCCCCCCCCCCCCCCCC. The maximum Gasteiger partial charge on any atom is 0.472 e. The Morgan fingerprint density at radius 3 is 0.835 bits per heavy atom. The molecule has 0 aliphatic carbocycles. The number of aliphatic hydroxyl groups excluding tert-OH is 2. The first-order valence-corrected chi connectivity index (χ1v) is 44.2. The Morgan fingerprint density at radius 1 is 0.282 bits per heavy atom. The van der Waals surface area contributed by atoms with Gasteiger partial charge in [-0.15, -0.1) is 0 Å². The number of phosphoric acid groups is 2. The zero-order valence-corrected chi connectivity index (χ0v) is 67.0. The quantitative estimate of drug-likeness (QED) is 0.0146. The van der Waals surface area contributed by atoms with Crippen molar-refractivity contribution in [1.82, 2.24) is 0 Å². The van der Waals surface area contributed by atoms with Crippen LogP contribution < -0.4 is 0 Å². The number of carbonyl (C=O) groups is 3. The van der Waals surface area contributed by atoms with Crippen LogP contribution >= 0.6 is 15.6 Å². The molecule has 0 spiro atoms. The standard InChI is InChI=1S/C85H150O16P2/c1-4-7-10-13-16-19-22-25-28-30-32-34-36-37-38-39-40-41-43-45-46-48-51-53-56-59-62-65-68-71-83(88)95-74-80(86)75-97-102(91,92)98-76-81(87)77-99-103(93,94)100-79-82(101-85(90)73-70-67-64-61-58-55-50-27-24-21-18-15-12-9-6-3)78-96-84(89)72-69-66-63-60-57-54-52-49-47-44-42-35-33-31-29-26-23-20-17-14-11-8-5-2/h7,10,16-17,19-20,25-26,28-29,32-35,37-38,44,47,80-82,86-87H,4-6,8-9,11-15,18,21-24,27,30-31,36,39-43,45-46,48-79H2,1-3H3,(H,91,92)(H,93,94)/b10-7-,19-16-,20-17-,28-25-,29-26-,34-32-,35-33-,38-37-,47-44-. The van der Waals surface area contributed by atoms with Crippen LogP contribution in [0.3, 0.4) is 0 Å². The van der Waals surface area contributed by atoms with Crippen molar-refractivity contribution in [2.24, 2.45) is 0 Å². The van der Waals surface area contributed by atoms with Gasteiger partial charge in [-0.1, -0.05) is 336 Å². The third kappa shape index (κ3) is 79.1. The fourth-order valence-electron chi connectivity index (χ4n) is 11.2. The minimum absolute atomic E-state index is 0.105. The molecule has 0 aromatic heterocycles.